The fourth-order valence-electron chi connectivity index (χ4n) is 2.41. The zero-order chi connectivity index (χ0) is 18.8. The molecule has 0 aliphatic rings. The number of carbonyl (C=O) groups excluding carboxylic acids is 2. The molecule has 0 fully saturated rings. The number of hydrogen-bond acceptors (Lipinski definition) is 4. The molecule has 6 heteroatoms. The summed E-state index contributed by atoms with van der Waals surface area (Å²) in [6.07, 6.45) is 0.849. The van der Waals surface area contributed by atoms with Crippen molar-refractivity contribution in [1.82, 2.24) is 5.32 Å². The number of hydrogen-bond donors (Lipinski definition) is 1. The van der Waals surface area contributed by atoms with Crippen LogP contribution in [0.25, 0.3) is 0 Å². The average molecular weight is 420 g/mol. The third-order valence-corrected chi connectivity index (χ3v) is 4.22. The molecule has 0 aliphatic carbocycles. The number of esters is 1. The Balaban J connectivity index is 1.79. The second-order valence-electron chi connectivity index (χ2n) is 5.72. The summed E-state index contributed by atoms with van der Waals surface area (Å²) in [6.45, 7) is 0.993. The van der Waals surface area contributed by atoms with Gasteiger partial charge in [-0.2, -0.15) is 0 Å². The van der Waals surface area contributed by atoms with Crippen LogP contribution in [0.2, 0.25) is 0 Å². The molecule has 0 aromatic heterocycles. The largest absolute Gasteiger partial charge is 0.467 e. The molecule has 2 rings (SSSR count). The van der Waals surface area contributed by atoms with Crippen LogP contribution in [-0.2, 0) is 25.7 Å². The molecule has 0 saturated carbocycles. The van der Waals surface area contributed by atoms with Crippen molar-refractivity contribution in [2.45, 2.75) is 25.5 Å². The van der Waals surface area contributed by atoms with Crippen molar-refractivity contribution >= 4 is 27.8 Å². The van der Waals surface area contributed by atoms with E-state index in [4.69, 9.17) is 9.47 Å². The van der Waals surface area contributed by atoms with E-state index in [-0.39, 0.29) is 12.3 Å². The molecule has 1 amide bonds. The lowest BCUT2D eigenvalue weighted by atomic mass is 10.1. The lowest BCUT2D eigenvalue weighted by molar-refractivity contribution is -0.145. The quantitative estimate of drug-likeness (QED) is 0.496. The molecule has 5 nitrogen and oxygen atoms in total. The van der Waals surface area contributed by atoms with Gasteiger partial charge >= 0.3 is 5.97 Å². The van der Waals surface area contributed by atoms with E-state index in [9.17, 15) is 9.59 Å². The summed E-state index contributed by atoms with van der Waals surface area (Å²) in [7, 11) is 1.30. The minimum atomic E-state index is -0.824. The Labute approximate surface area is 161 Å². The van der Waals surface area contributed by atoms with Gasteiger partial charge in [-0.3, -0.25) is 4.79 Å². The summed E-state index contributed by atoms with van der Waals surface area (Å²) in [4.78, 5) is 24.2. The van der Waals surface area contributed by atoms with Crippen molar-refractivity contribution in [3.05, 3.63) is 70.2 Å². The van der Waals surface area contributed by atoms with Crippen molar-refractivity contribution in [1.29, 1.82) is 0 Å². The van der Waals surface area contributed by atoms with Crippen LogP contribution < -0.4 is 5.32 Å². The molecule has 0 heterocycles. The van der Waals surface area contributed by atoms with Crippen molar-refractivity contribution in [2.24, 2.45) is 0 Å². The van der Waals surface area contributed by atoms with Crippen molar-refractivity contribution in [3.8, 4) is 0 Å². The third kappa shape index (κ3) is 6.61. The van der Waals surface area contributed by atoms with E-state index in [2.05, 4.69) is 21.2 Å². The van der Waals surface area contributed by atoms with E-state index in [0.717, 1.165) is 10.0 Å². The predicted octanol–water partition coefficient (Wildman–Crippen LogP) is 3.78. The summed E-state index contributed by atoms with van der Waals surface area (Å²) in [5.74, 6) is -0.722. The van der Waals surface area contributed by atoms with Gasteiger partial charge in [-0.25, -0.2) is 4.79 Å². The van der Waals surface area contributed by atoms with Crippen LogP contribution in [0.3, 0.4) is 0 Å². The Hall–Kier alpha value is -2.18. The minimum absolute atomic E-state index is 0.219. The van der Waals surface area contributed by atoms with Gasteiger partial charge in [-0.15, -0.1) is 0 Å². The third-order valence-electron chi connectivity index (χ3n) is 3.73. The summed E-state index contributed by atoms with van der Waals surface area (Å²) < 4.78 is 11.2. The van der Waals surface area contributed by atoms with Gasteiger partial charge in [0.15, 0.2) is 6.04 Å². The van der Waals surface area contributed by atoms with Crippen LogP contribution in [0.5, 0.6) is 0 Å². The summed E-state index contributed by atoms with van der Waals surface area (Å²) in [5.41, 5.74) is 1.76. The van der Waals surface area contributed by atoms with Crippen LogP contribution >= 0.6 is 15.9 Å². The van der Waals surface area contributed by atoms with Gasteiger partial charge in [0.25, 0.3) is 0 Å². The summed E-state index contributed by atoms with van der Waals surface area (Å²) in [6, 6.07) is 16.2. The Bertz CT molecular complexity index is 721. The van der Waals surface area contributed by atoms with E-state index >= 15 is 0 Å². The van der Waals surface area contributed by atoms with Gasteiger partial charge in [0, 0.05) is 17.5 Å². The molecule has 0 bridgehead atoms. The van der Waals surface area contributed by atoms with Gasteiger partial charge in [-0.05, 0) is 29.7 Å². The lowest BCUT2D eigenvalue weighted by Crippen LogP contribution is -2.34. The highest BCUT2D eigenvalue weighted by Crippen LogP contribution is 2.19. The molecule has 1 atom stereocenters. The number of benzene rings is 2. The smallest absolute Gasteiger partial charge is 0.333 e. The SMILES string of the molecule is COC(=O)C(NC(=O)CCCOCc1ccccc1)c1cccc(Br)c1. The molecule has 26 heavy (non-hydrogen) atoms. The zero-order valence-corrected chi connectivity index (χ0v) is 16.2. The molecular weight excluding hydrogens is 398 g/mol. The average Bonchev–Trinajstić information content (AvgIpc) is 2.66. The van der Waals surface area contributed by atoms with E-state index in [1.165, 1.54) is 7.11 Å². The maximum atomic E-state index is 12.2. The minimum Gasteiger partial charge on any atom is -0.467 e. The molecule has 138 valence electrons. The van der Waals surface area contributed by atoms with Crippen molar-refractivity contribution in [3.63, 3.8) is 0 Å². The standard InChI is InChI=1S/C20H22BrNO4/c1-25-20(24)19(16-9-5-10-17(21)13-16)22-18(23)11-6-12-26-14-15-7-3-2-4-8-15/h2-5,7-10,13,19H,6,11-12,14H2,1H3,(H,22,23). The van der Waals surface area contributed by atoms with Gasteiger partial charge in [-0.1, -0.05) is 58.4 Å². The lowest BCUT2D eigenvalue weighted by Gasteiger charge is -2.17. The molecule has 1 N–H and O–H groups in total. The first-order valence-electron chi connectivity index (χ1n) is 8.34. The van der Waals surface area contributed by atoms with Crippen LogP contribution in [-0.4, -0.2) is 25.6 Å². The first-order valence-corrected chi connectivity index (χ1v) is 9.14. The Kier molecular flexibility index (Phi) is 8.31. The Morgan fingerprint density at radius 2 is 1.88 bits per heavy atom. The Morgan fingerprint density at radius 3 is 2.58 bits per heavy atom. The first-order chi connectivity index (χ1) is 12.6. The van der Waals surface area contributed by atoms with Crippen molar-refractivity contribution < 1.29 is 19.1 Å². The zero-order valence-electron chi connectivity index (χ0n) is 14.6. The van der Waals surface area contributed by atoms with Gasteiger partial charge in [0.1, 0.15) is 0 Å². The normalized spacial score (nSPS) is 11.6. The number of ether oxygens (including phenoxy) is 2. The Morgan fingerprint density at radius 1 is 1.12 bits per heavy atom. The molecule has 0 spiro atoms. The highest BCUT2D eigenvalue weighted by Gasteiger charge is 2.23. The second kappa shape index (κ2) is 10.7. The second-order valence-corrected chi connectivity index (χ2v) is 6.64. The highest BCUT2D eigenvalue weighted by molar-refractivity contribution is 9.10. The maximum Gasteiger partial charge on any atom is 0.333 e. The van der Waals surface area contributed by atoms with Crippen LogP contribution in [0.4, 0.5) is 0 Å². The number of rotatable bonds is 9. The van der Waals surface area contributed by atoms with E-state index in [0.29, 0.717) is 25.2 Å². The van der Waals surface area contributed by atoms with Gasteiger partial charge < -0.3 is 14.8 Å². The van der Waals surface area contributed by atoms with E-state index in [1.807, 2.05) is 36.4 Å². The number of halogens is 1. The van der Waals surface area contributed by atoms with Gasteiger partial charge in [0.05, 0.1) is 13.7 Å². The number of nitrogens with one attached hydrogen (secondary N) is 1. The summed E-state index contributed by atoms with van der Waals surface area (Å²) in [5, 5.41) is 2.73. The van der Waals surface area contributed by atoms with Crippen LogP contribution in [0.1, 0.15) is 30.0 Å². The van der Waals surface area contributed by atoms with Crippen molar-refractivity contribution in [2.75, 3.05) is 13.7 Å². The molecule has 0 radical (unpaired) electrons. The van der Waals surface area contributed by atoms with E-state index < -0.39 is 12.0 Å². The monoisotopic (exact) mass is 419 g/mol. The number of methoxy groups -OCH3 is 1. The fourth-order valence-corrected chi connectivity index (χ4v) is 2.83. The van der Waals surface area contributed by atoms with Crippen LogP contribution in [0.15, 0.2) is 59.1 Å². The molecule has 1 unspecified atom stereocenters. The highest BCUT2D eigenvalue weighted by atomic mass is 79.9. The van der Waals surface area contributed by atoms with Crippen LogP contribution in [0, 0.1) is 0 Å². The maximum absolute atomic E-state index is 12.2. The molecule has 0 saturated heterocycles. The molecule has 2 aromatic carbocycles. The number of carbonyl (C=O) groups is 2. The molecule has 0 aliphatic heterocycles. The van der Waals surface area contributed by atoms with E-state index in [1.54, 1.807) is 18.2 Å². The molecule has 2 aromatic rings. The number of amides is 1. The fraction of sp³-hybridized carbons (Fsp3) is 0.300. The summed E-state index contributed by atoms with van der Waals surface area (Å²) >= 11 is 3.36. The molecular formula is C20H22BrNO4. The first kappa shape index (κ1) is 20.1. The topological polar surface area (TPSA) is 64.6 Å². The van der Waals surface area contributed by atoms with Gasteiger partial charge in [0.2, 0.25) is 5.91 Å². The predicted molar refractivity (Wildman–Crippen MR) is 102 cm³/mol.